The molecule has 4 aromatic rings. The lowest BCUT2D eigenvalue weighted by Crippen LogP contribution is -2.25. The summed E-state index contributed by atoms with van der Waals surface area (Å²) in [6, 6.07) is 16.1. The normalized spacial score (nSPS) is 11.9. The standard InChI is InChI=1S/C30H26ClFN2O5/c1-17(2)26(15-35)34-14-23(30(37)38)29(36)22-11-21(10-20-4-3-5-24(31)28(20)32)27(12-25(22)34)39-16-19-8-6-18(13-33)7-9-19/h3-9,11-12,14,17,26,35H,10,15-16H2,1-2H3,(H,37,38)/t26-/m1/s1. The molecule has 0 saturated carbocycles. The third-order valence-corrected chi connectivity index (χ3v) is 6.94. The summed E-state index contributed by atoms with van der Waals surface area (Å²) in [5.74, 6) is -1.73. The molecule has 200 valence electrons. The van der Waals surface area contributed by atoms with Gasteiger partial charge in [0.15, 0.2) is 0 Å². The van der Waals surface area contributed by atoms with E-state index in [0.29, 0.717) is 22.4 Å². The average molecular weight is 549 g/mol. The Balaban J connectivity index is 1.93. The van der Waals surface area contributed by atoms with E-state index in [0.717, 1.165) is 5.56 Å². The number of aromatic carboxylic acids is 1. The van der Waals surface area contributed by atoms with Gasteiger partial charge in [-0.15, -0.1) is 0 Å². The number of benzene rings is 3. The predicted molar refractivity (Wildman–Crippen MR) is 146 cm³/mol. The van der Waals surface area contributed by atoms with Crippen molar-refractivity contribution in [3.63, 3.8) is 0 Å². The number of carboxylic acid groups (broad SMARTS) is 1. The molecule has 0 spiro atoms. The van der Waals surface area contributed by atoms with Gasteiger partial charge >= 0.3 is 5.97 Å². The number of halogens is 2. The number of nitriles is 1. The largest absolute Gasteiger partial charge is 0.489 e. The van der Waals surface area contributed by atoms with Crippen molar-refractivity contribution in [2.24, 2.45) is 5.92 Å². The highest BCUT2D eigenvalue weighted by Crippen LogP contribution is 2.32. The minimum Gasteiger partial charge on any atom is -0.489 e. The molecule has 0 fully saturated rings. The summed E-state index contributed by atoms with van der Waals surface area (Å²) in [6.45, 7) is 3.59. The maximum atomic E-state index is 14.8. The van der Waals surface area contributed by atoms with Crippen LogP contribution in [-0.2, 0) is 13.0 Å². The van der Waals surface area contributed by atoms with Crippen molar-refractivity contribution in [2.75, 3.05) is 6.61 Å². The number of nitrogens with zero attached hydrogens (tertiary/aromatic N) is 2. The maximum Gasteiger partial charge on any atom is 0.341 e. The summed E-state index contributed by atoms with van der Waals surface area (Å²) in [5.41, 5.74) is 1.26. The van der Waals surface area contributed by atoms with E-state index >= 15 is 0 Å². The average Bonchev–Trinajstić information content (AvgIpc) is 2.91. The van der Waals surface area contributed by atoms with E-state index in [4.69, 9.17) is 21.6 Å². The Hall–Kier alpha value is -4.19. The Kier molecular flexibility index (Phi) is 8.34. The molecule has 1 aromatic heterocycles. The van der Waals surface area contributed by atoms with E-state index in [1.54, 1.807) is 47.0 Å². The van der Waals surface area contributed by atoms with E-state index in [1.807, 2.05) is 13.8 Å². The lowest BCUT2D eigenvalue weighted by Gasteiger charge is -2.25. The van der Waals surface area contributed by atoms with Crippen LogP contribution in [0.4, 0.5) is 4.39 Å². The molecule has 0 aliphatic rings. The fraction of sp³-hybridized carbons (Fsp3) is 0.233. The molecule has 9 heteroatoms. The molecular formula is C30H26ClFN2O5. The molecule has 2 N–H and O–H groups in total. The zero-order chi connectivity index (χ0) is 28.3. The zero-order valence-electron chi connectivity index (χ0n) is 21.3. The monoisotopic (exact) mass is 548 g/mol. The highest BCUT2D eigenvalue weighted by atomic mass is 35.5. The van der Waals surface area contributed by atoms with Gasteiger partial charge in [-0.05, 0) is 46.9 Å². The molecule has 1 atom stereocenters. The van der Waals surface area contributed by atoms with Gasteiger partial charge in [-0.3, -0.25) is 4.79 Å². The number of rotatable bonds is 9. The Morgan fingerprint density at radius 1 is 1.15 bits per heavy atom. The molecule has 0 unspecified atom stereocenters. The zero-order valence-corrected chi connectivity index (χ0v) is 22.1. The fourth-order valence-corrected chi connectivity index (χ4v) is 4.66. The number of carboxylic acids is 1. The van der Waals surface area contributed by atoms with Crippen LogP contribution < -0.4 is 10.2 Å². The number of aliphatic hydroxyl groups excluding tert-OH is 1. The Bertz CT molecular complexity index is 1640. The Morgan fingerprint density at radius 2 is 1.87 bits per heavy atom. The van der Waals surface area contributed by atoms with Crippen LogP contribution in [0.5, 0.6) is 5.75 Å². The quantitative estimate of drug-likeness (QED) is 0.276. The van der Waals surface area contributed by atoms with E-state index in [9.17, 15) is 24.2 Å². The Labute approximate surface area is 229 Å². The lowest BCUT2D eigenvalue weighted by atomic mass is 9.98. The van der Waals surface area contributed by atoms with Gasteiger partial charge in [0.1, 0.15) is 23.7 Å². The smallest absolute Gasteiger partial charge is 0.341 e. The molecule has 3 aromatic carbocycles. The van der Waals surface area contributed by atoms with Gasteiger partial charge in [0.05, 0.1) is 34.8 Å². The van der Waals surface area contributed by atoms with Gasteiger partial charge in [-0.25, -0.2) is 9.18 Å². The van der Waals surface area contributed by atoms with Crippen molar-refractivity contribution < 1.29 is 24.1 Å². The number of carbonyl (C=O) groups is 1. The minimum absolute atomic E-state index is 0.0232. The summed E-state index contributed by atoms with van der Waals surface area (Å²) >= 11 is 5.99. The molecule has 0 amide bonds. The van der Waals surface area contributed by atoms with E-state index < -0.39 is 28.8 Å². The molecule has 0 bridgehead atoms. The first-order chi connectivity index (χ1) is 18.6. The van der Waals surface area contributed by atoms with Gasteiger partial charge in [0.2, 0.25) is 5.43 Å². The van der Waals surface area contributed by atoms with Gasteiger partial charge in [0.25, 0.3) is 0 Å². The topological polar surface area (TPSA) is 113 Å². The van der Waals surface area contributed by atoms with Crippen LogP contribution >= 0.6 is 11.6 Å². The first-order valence-electron chi connectivity index (χ1n) is 12.2. The van der Waals surface area contributed by atoms with E-state index in [2.05, 4.69) is 6.07 Å². The van der Waals surface area contributed by atoms with E-state index in [1.165, 1.54) is 18.3 Å². The highest BCUT2D eigenvalue weighted by molar-refractivity contribution is 6.30. The van der Waals surface area contributed by atoms with Crippen molar-refractivity contribution in [2.45, 2.75) is 32.9 Å². The number of aromatic nitrogens is 1. The van der Waals surface area contributed by atoms with Crippen LogP contribution in [0, 0.1) is 23.1 Å². The number of pyridine rings is 1. The van der Waals surface area contributed by atoms with Gasteiger partial charge < -0.3 is 19.5 Å². The van der Waals surface area contributed by atoms with Crippen LogP contribution in [0.15, 0.2) is 65.6 Å². The number of fused-ring (bicyclic) bond motifs is 1. The molecular weight excluding hydrogens is 523 g/mol. The Morgan fingerprint density at radius 3 is 2.49 bits per heavy atom. The van der Waals surface area contributed by atoms with E-state index in [-0.39, 0.29) is 41.5 Å². The molecule has 0 aliphatic heterocycles. The molecule has 4 rings (SSSR count). The molecule has 7 nitrogen and oxygen atoms in total. The second kappa shape index (κ2) is 11.7. The SMILES string of the molecule is CC(C)[C@@H](CO)n1cc(C(=O)O)c(=O)c2cc(Cc3cccc(Cl)c3F)c(OCc3ccc(C#N)cc3)cc21. The van der Waals surface area contributed by atoms with Crippen molar-refractivity contribution >= 4 is 28.5 Å². The van der Waals surface area contributed by atoms with Gasteiger partial charge in [-0.2, -0.15) is 5.26 Å². The van der Waals surface area contributed by atoms with Gasteiger partial charge in [0, 0.05) is 24.1 Å². The fourth-order valence-electron chi connectivity index (χ4n) is 4.47. The molecule has 1 heterocycles. The van der Waals surface area contributed by atoms with Gasteiger partial charge in [-0.1, -0.05) is 49.7 Å². The first kappa shape index (κ1) is 27.8. The third-order valence-electron chi connectivity index (χ3n) is 6.65. The molecule has 0 radical (unpaired) electrons. The van der Waals surface area contributed by atoms with Crippen molar-refractivity contribution in [1.82, 2.24) is 4.57 Å². The molecule has 39 heavy (non-hydrogen) atoms. The summed E-state index contributed by atoms with van der Waals surface area (Å²) in [6.07, 6.45) is 1.27. The van der Waals surface area contributed by atoms with Crippen LogP contribution in [0.25, 0.3) is 10.9 Å². The lowest BCUT2D eigenvalue weighted by molar-refractivity contribution is 0.0694. The molecule has 0 aliphatic carbocycles. The summed E-state index contributed by atoms with van der Waals surface area (Å²) in [5, 5.41) is 29.0. The summed E-state index contributed by atoms with van der Waals surface area (Å²) < 4.78 is 22.6. The molecule has 0 saturated heterocycles. The second-order valence-electron chi connectivity index (χ2n) is 9.54. The third kappa shape index (κ3) is 5.80. The number of aliphatic hydroxyl groups is 1. The summed E-state index contributed by atoms with van der Waals surface area (Å²) in [7, 11) is 0. The number of hydrogen-bond donors (Lipinski definition) is 2. The minimum atomic E-state index is -1.39. The van der Waals surface area contributed by atoms with Crippen LogP contribution in [-0.4, -0.2) is 27.4 Å². The van der Waals surface area contributed by atoms with Crippen molar-refractivity contribution in [1.29, 1.82) is 5.26 Å². The summed E-state index contributed by atoms with van der Waals surface area (Å²) in [4.78, 5) is 25.2. The first-order valence-corrected chi connectivity index (χ1v) is 12.6. The number of ether oxygens (including phenoxy) is 1. The van der Waals surface area contributed by atoms with Crippen molar-refractivity contribution in [3.05, 3.63) is 110 Å². The highest BCUT2D eigenvalue weighted by Gasteiger charge is 2.23. The van der Waals surface area contributed by atoms with Crippen LogP contribution in [0.1, 0.15) is 52.5 Å². The van der Waals surface area contributed by atoms with Crippen molar-refractivity contribution in [3.8, 4) is 11.8 Å². The predicted octanol–water partition coefficient (Wildman–Crippen LogP) is 5.72. The van der Waals surface area contributed by atoms with Crippen LogP contribution in [0.3, 0.4) is 0 Å². The maximum absolute atomic E-state index is 14.8. The van der Waals surface area contributed by atoms with Crippen LogP contribution in [0.2, 0.25) is 5.02 Å². The number of hydrogen-bond acceptors (Lipinski definition) is 5. The second-order valence-corrected chi connectivity index (χ2v) is 9.95.